The van der Waals surface area contributed by atoms with Gasteiger partial charge in [0.1, 0.15) is 12.1 Å². The van der Waals surface area contributed by atoms with Crippen LogP contribution in [-0.2, 0) is 0 Å². The molecule has 0 amide bonds. The maximum absolute atomic E-state index is 5.74. The number of nitrogen functional groups attached to an aromatic ring is 1. The molecule has 1 aliphatic carbocycles. The summed E-state index contributed by atoms with van der Waals surface area (Å²) in [5, 5.41) is 0. The Morgan fingerprint density at radius 2 is 2.00 bits per heavy atom. The minimum absolute atomic E-state index is 0.630. The SMILES string of the molecule is Cc1c(N)ncnc1C1CCCC1. The van der Waals surface area contributed by atoms with Crippen LogP contribution in [0.15, 0.2) is 6.33 Å². The van der Waals surface area contributed by atoms with Crippen LogP contribution >= 0.6 is 0 Å². The maximum atomic E-state index is 5.74. The summed E-state index contributed by atoms with van der Waals surface area (Å²) >= 11 is 0. The van der Waals surface area contributed by atoms with Gasteiger partial charge in [-0.2, -0.15) is 0 Å². The van der Waals surface area contributed by atoms with E-state index in [4.69, 9.17) is 5.73 Å². The van der Waals surface area contributed by atoms with Crippen LogP contribution in [0.25, 0.3) is 0 Å². The number of nitrogens with zero attached hydrogens (tertiary/aromatic N) is 2. The first-order valence-corrected chi connectivity index (χ1v) is 4.86. The van der Waals surface area contributed by atoms with Crippen LogP contribution in [0.5, 0.6) is 0 Å². The first-order chi connectivity index (χ1) is 6.29. The van der Waals surface area contributed by atoms with Gasteiger partial charge >= 0.3 is 0 Å². The summed E-state index contributed by atoms with van der Waals surface area (Å²) in [4.78, 5) is 8.31. The molecular formula is C10H15N3. The lowest BCUT2D eigenvalue weighted by molar-refractivity contribution is 0.688. The number of anilines is 1. The zero-order valence-electron chi connectivity index (χ0n) is 7.95. The molecular weight excluding hydrogens is 162 g/mol. The van der Waals surface area contributed by atoms with Crippen molar-refractivity contribution in [2.75, 3.05) is 5.73 Å². The van der Waals surface area contributed by atoms with Crippen molar-refractivity contribution in [1.29, 1.82) is 0 Å². The van der Waals surface area contributed by atoms with E-state index in [1.165, 1.54) is 31.4 Å². The number of hydrogen-bond donors (Lipinski definition) is 1. The van der Waals surface area contributed by atoms with Gasteiger partial charge in [0.15, 0.2) is 0 Å². The summed E-state index contributed by atoms with van der Waals surface area (Å²) < 4.78 is 0. The van der Waals surface area contributed by atoms with Gasteiger partial charge in [0.05, 0.1) is 5.69 Å². The summed E-state index contributed by atoms with van der Waals surface area (Å²) in [5.74, 6) is 1.27. The van der Waals surface area contributed by atoms with E-state index >= 15 is 0 Å². The van der Waals surface area contributed by atoms with E-state index in [0.717, 1.165) is 5.56 Å². The van der Waals surface area contributed by atoms with Crippen molar-refractivity contribution >= 4 is 5.82 Å². The molecule has 1 aromatic heterocycles. The Morgan fingerprint density at radius 1 is 1.31 bits per heavy atom. The van der Waals surface area contributed by atoms with Crippen molar-refractivity contribution in [2.45, 2.75) is 38.5 Å². The zero-order valence-corrected chi connectivity index (χ0v) is 7.95. The van der Waals surface area contributed by atoms with Gasteiger partial charge in [0, 0.05) is 11.5 Å². The summed E-state index contributed by atoms with van der Waals surface area (Å²) in [6.45, 7) is 2.02. The fourth-order valence-electron chi connectivity index (χ4n) is 2.09. The lowest BCUT2D eigenvalue weighted by atomic mass is 10.00. The molecule has 2 rings (SSSR count). The standard InChI is InChI=1S/C10H15N3/c1-7-9(8-4-2-3-5-8)12-6-13-10(7)11/h6,8H,2-5H2,1H3,(H2,11,12,13). The second-order valence-electron chi connectivity index (χ2n) is 3.75. The topological polar surface area (TPSA) is 51.8 Å². The molecule has 0 unspecified atom stereocenters. The fraction of sp³-hybridized carbons (Fsp3) is 0.600. The molecule has 0 spiro atoms. The summed E-state index contributed by atoms with van der Waals surface area (Å²) in [7, 11) is 0. The van der Waals surface area contributed by atoms with E-state index in [-0.39, 0.29) is 0 Å². The Balaban J connectivity index is 2.33. The smallest absolute Gasteiger partial charge is 0.129 e. The first kappa shape index (κ1) is 8.48. The highest BCUT2D eigenvalue weighted by Gasteiger charge is 2.20. The molecule has 3 nitrogen and oxygen atoms in total. The molecule has 3 heteroatoms. The van der Waals surface area contributed by atoms with Gasteiger partial charge in [0.25, 0.3) is 0 Å². The predicted octanol–water partition coefficient (Wildman–Crippen LogP) is 2.02. The van der Waals surface area contributed by atoms with Gasteiger partial charge in [-0.15, -0.1) is 0 Å². The van der Waals surface area contributed by atoms with Crippen molar-refractivity contribution in [3.63, 3.8) is 0 Å². The molecule has 0 bridgehead atoms. The van der Waals surface area contributed by atoms with Crippen molar-refractivity contribution in [1.82, 2.24) is 9.97 Å². The normalized spacial score (nSPS) is 17.9. The third kappa shape index (κ3) is 1.50. The Labute approximate surface area is 78.4 Å². The van der Waals surface area contributed by atoms with Gasteiger partial charge < -0.3 is 5.73 Å². The van der Waals surface area contributed by atoms with Crippen LogP contribution in [0, 0.1) is 6.92 Å². The minimum atomic E-state index is 0.630. The van der Waals surface area contributed by atoms with E-state index in [9.17, 15) is 0 Å². The molecule has 1 aromatic rings. The van der Waals surface area contributed by atoms with Crippen molar-refractivity contribution < 1.29 is 0 Å². The summed E-state index contributed by atoms with van der Waals surface area (Å²) in [5.41, 5.74) is 7.99. The monoisotopic (exact) mass is 177 g/mol. The Morgan fingerprint density at radius 3 is 2.69 bits per heavy atom. The molecule has 13 heavy (non-hydrogen) atoms. The molecule has 1 fully saturated rings. The third-order valence-corrected chi connectivity index (χ3v) is 2.90. The maximum Gasteiger partial charge on any atom is 0.129 e. The lowest BCUT2D eigenvalue weighted by Crippen LogP contribution is -2.04. The molecule has 1 aliphatic rings. The van der Waals surface area contributed by atoms with Crippen molar-refractivity contribution in [3.05, 3.63) is 17.6 Å². The van der Waals surface area contributed by atoms with Crippen LogP contribution in [0.4, 0.5) is 5.82 Å². The van der Waals surface area contributed by atoms with Crippen molar-refractivity contribution in [3.8, 4) is 0 Å². The summed E-state index contributed by atoms with van der Waals surface area (Å²) in [6.07, 6.45) is 6.76. The molecule has 0 saturated heterocycles. The second kappa shape index (κ2) is 3.32. The van der Waals surface area contributed by atoms with Crippen LogP contribution in [0.3, 0.4) is 0 Å². The lowest BCUT2D eigenvalue weighted by Gasteiger charge is -2.11. The van der Waals surface area contributed by atoms with E-state index in [0.29, 0.717) is 11.7 Å². The van der Waals surface area contributed by atoms with Gasteiger partial charge in [0.2, 0.25) is 0 Å². The third-order valence-electron chi connectivity index (χ3n) is 2.90. The molecule has 70 valence electrons. The van der Waals surface area contributed by atoms with Crippen LogP contribution in [0.1, 0.15) is 42.9 Å². The van der Waals surface area contributed by atoms with Gasteiger partial charge in [-0.3, -0.25) is 0 Å². The highest BCUT2D eigenvalue weighted by molar-refractivity contribution is 5.41. The highest BCUT2D eigenvalue weighted by atomic mass is 14.9. The molecule has 0 aromatic carbocycles. The first-order valence-electron chi connectivity index (χ1n) is 4.86. The Bertz CT molecular complexity index is 303. The largest absolute Gasteiger partial charge is 0.383 e. The Hall–Kier alpha value is -1.12. The van der Waals surface area contributed by atoms with Gasteiger partial charge in [-0.05, 0) is 19.8 Å². The predicted molar refractivity (Wildman–Crippen MR) is 52.4 cm³/mol. The average Bonchev–Trinajstić information content (AvgIpc) is 2.62. The number of rotatable bonds is 1. The second-order valence-corrected chi connectivity index (χ2v) is 3.75. The van der Waals surface area contributed by atoms with Gasteiger partial charge in [-0.25, -0.2) is 9.97 Å². The highest BCUT2D eigenvalue weighted by Crippen LogP contribution is 2.34. The Kier molecular flexibility index (Phi) is 2.17. The number of aromatic nitrogens is 2. The van der Waals surface area contributed by atoms with Crippen LogP contribution in [-0.4, -0.2) is 9.97 Å². The summed E-state index contributed by atoms with van der Waals surface area (Å²) in [6, 6.07) is 0. The quantitative estimate of drug-likeness (QED) is 0.714. The minimum Gasteiger partial charge on any atom is -0.383 e. The molecule has 0 aliphatic heterocycles. The van der Waals surface area contributed by atoms with Crippen LogP contribution in [0.2, 0.25) is 0 Å². The van der Waals surface area contributed by atoms with Crippen LogP contribution < -0.4 is 5.73 Å². The fourth-order valence-corrected chi connectivity index (χ4v) is 2.09. The zero-order chi connectivity index (χ0) is 9.26. The number of hydrogen-bond acceptors (Lipinski definition) is 3. The molecule has 0 atom stereocenters. The molecule has 2 N–H and O–H groups in total. The van der Waals surface area contributed by atoms with Gasteiger partial charge in [-0.1, -0.05) is 12.8 Å². The molecule has 0 radical (unpaired) electrons. The van der Waals surface area contributed by atoms with E-state index in [1.807, 2.05) is 6.92 Å². The van der Waals surface area contributed by atoms with E-state index in [2.05, 4.69) is 9.97 Å². The molecule has 1 saturated carbocycles. The molecule has 1 heterocycles. The number of nitrogens with two attached hydrogens (primary N) is 1. The van der Waals surface area contributed by atoms with Crippen molar-refractivity contribution in [2.24, 2.45) is 0 Å². The van der Waals surface area contributed by atoms with E-state index in [1.54, 1.807) is 6.33 Å². The average molecular weight is 177 g/mol. The van der Waals surface area contributed by atoms with E-state index < -0.39 is 0 Å².